The van der Waals surface area contributed by atoms with Gasteiger partial charge in [-0.1, -0.05) is 0 Å². The molecule has 1 aromatic heterocycles. The van der Waals surface area contributed by atoms with E-state index in [0.29, 0.717) is 18.2 Å². The molecule has 0 aromatic carbocycles. The Bertz CT molecular complexity index is 307. The molecule has 0 radical (unpaired) electrons. The van der Waals surface area contributed by atoms with Gasteiger partial charge in [0.25, 0.3) is 0 Å². The quantitative estimate of drug-likeness (QED) is 0.654. The van der Waals surface area contributed by atoms with E-state index < -0.39 is 0 Å². The second kappa shape index (κ2) is 2.58. The Hall–Kier alpha value is -1.39. The number of hydrogen-bond acceptors (Lipinski definition) is 4. The molecule has 0 bridgehead atoms. The number of nitrogens with one attached hydrogen (secondary N) is 1. The number of carbonyl (C=O) groups excluding carboxylic acids is 1. The summed E-state index contributed by atoms with van der Waals surface area (Å²) in [7, 11) is 0. The summed E-state index contributed by atoms with van der Waals surface area (Å²) in [6.07, 6.45) is 1.30. The summed E-state index contributed by atoms with van der Waals surface area (Å²) in [6, 6.07) is -0.0706. The first kappa shape index (κ1) is 7.27. The molecular formula is C7H9N3O2. The first-order valence-corrected chi connectivity index (χ1v) is 3.85. The standard InChI is InChI=1S/C7H9N3O2/c1-4-9-10-7(12-4)5-2-3-6(11)8-5/h5H,2-3H2,1H3,(H,8,11). The van der Waals surface area contributed by atoms with Crippen molar-refractivity contribution in [1.29, 1.82) is 0 Å². The van der Waals surface area contributed by atoms with Gasteiger partial charge in [-0.3, -0.25) is 4.79 Å². The van der Waals surface area contributed by atoms with Gasteiger partial charge in [0.1, 0.15) is 6.04 Å². The molecule has 2 heterocycles. The van der Waals surface area contributed by atoms with Gasteiger partial charge in [0.05, 0.1) is 0 Å². The van der Waals surface area contributed by atoms with Crippen molar-refractivity contribution in [3.8, 4) is 0 Å². The van der Waals surface area contributed by atoms with Gasteiger partial charge >= 0.3 is 0 Å². The van der Waals surface area contributed by atoms with E-state index in [2.05, 4.69) is 15.5 Å². The minimum absolute atomic E-state index is 0.0517. The fraction of sp³-hybridized carbons (Fsp3) is 0.571. The molecule has 0 aliphatic carbocycles. The molecule has 0 spiro atoms. The van der Waals surface area contributed by atoms with Crippen LogP contribution < -0.4 is 5.32 Å². The van der Waals surface area contributed by atoms with Crippen LogP contribution in [0, 0.1) is 6.92 Å². The molecule has 64 valence electrons. The predicted octanol–water partition coefficient (Wildman–Crippen LogP) is 0.329. The summed E-state index contributed by atoms with van der Waals surface area (Å²) < 4.78 is 5.18. The summed E-state index contributed by atoms with van der Waals surface area (Å²) in [5, 5.41) is 10.3. The van der Waals surface area contributed by atoms with Crippen LogP contribution in [0.4, 0.5) is 0 Å². The highest BCUT2D eigenvalue weighted by atomic mass is 16.4. The highest BCUT2D eigenvalue weighted by Gasteiger charge is 2.26. The Labute approximate surface area is 69.2 Å². The van der Waals surface area contributed by atoms with E-state index in [9.17, 15) is 4.79 Å². The predicted molar refractivity (Wildman–Crippen MR) is 39.2 cm³/mol. The summed E-state index contributed by atoms with van der Waals surface area (Å²) in [4.78, 5) is 10.8. The zero-order valence-electron chi connectivity index (χ0n) is 6.70. The first-order chi connectivity index (χ1) is 5.75. The molecule has 5 heteroatoms. The van der Waals surface area contributed by atoms with Crippen molar-refractivity contribution in [3.63, 3.8) is 0 Å². The number of aromatic nitrogens is 2. The summed E-state index contributed by atoms with van der Waals surface area (Å²) in [5.74, 6) is 1.10. The van der Waals surface area contributed by atoms with Crippen LogP contribution in [-0.4, -0.2) is 16.1 Å². The Kier molecular flexibility index (Phi) is 1.56. The fourth-order valence-corrected chi connectivity index (χ4v) is 1.25. The largest absolute Gasteiger partial charge is 0.423 e. The Morgan fingerprint density at radius 1 is 1.58 bits per heavy atom. The van der Waals surface area contributed by atoms with Crippen molar-refractivity contribution in [2.24, 2.45) is 0 Å². The molecule has 1 aromatic rings. The lowest BCUT2D eigenvalue weighted by molar-refractivity contribution is -0.119. The van der Waals surface area contributed by atoms with Gasteiger partial charge in [0.15, 0.2) is 0 Å². The maximum absolute atomic E-state index is 10.8. The van der Waals surface area contributed by atoms with E-state index in [1.165, 1.54) is 0 Å². The maximum Gasteiger partial charge on any atom is 0.238 e. The topological polar surface area (TPSA) is 68.0 Å². The Morgan fingerprint density at radius 3 is 2.92 bits per heavy atom. The Balaban J connectivity index is 2.15. The minimum Gasteiger partial charge on any atom is -0.423 e. The second-order valence-corrected chi connectivity index (χ2v) is 2.82. The molecule has 2 rings (SSSR count). The SMILES string of the molecule is Cc1nnc(C2CCC(=O)N2)o1. The van der Waals surface area contributed by atoms with E-state index in [1.807, 2.05) is 0 Å². The number of carbonyl (C=O) groups is 1. The lowest BCUT2D eigenvalue weighted by Crippen LogP contribution is -2.18. The average Bonchev–Trinajstić information content (AvgIpc) is 2.58. The minimum atomic E-state index is -0.0706. The molecule has 0 saturated carbocycles. The summed E-state index contributed by atoms with van der Waals surface area (Å²) in [6.45, 7) is 1.73. The smallest absolute Gasteiger partial charge is 0.238 e. The van der Waals surface area contributed by atoms with E-state index in [-0.39, 0.29) is 11.9 Å². The number of aryl methyl sites for hydroxylation is 1. The van der Waals surface area contributed by atoms with Gasteiger partial charge in [-0.2, -0.15) is 0 Å². The Morgan fingerprint density at radius 2 is 2.42 bits per heavy atom. The van der Waals surface area contributed by atoms with Crippen molar-refractivity contribution in [3.05, 3.63) is 11.8 Å². The summed E-state index contributed by atoms with van der Waals surface area (Å²) in [5.41, 5.74) is 0. The van der Waals surface area contributed by atoms with E-state index >= 15 is 0 Å². The van der Waals surface area contributed by atoms with Crippen LogP contribution in [-0.2, 0) is 4.79 Å². The summed E-state index contributed by atoms with van der Waals surface area (Å²) >= 11 is 0. The second-order valence-electron chi connectivity index (χ2n) is 2.82. The van der Waals surface area contributed by atoms with Crippen LogP contribution in [0.15, 0.2) is 4.42 Å². The highest BCUT2D eigenvalue weighted by molar-refractivity contribution is 5.78. The monoisotopic (exact) mass is 167 g/mol. The average molecular weight is 167 g/mol. The fourth-order valence-electron chi connectivity index (χ4n) is 1.25. The number of amides is 1. The normalized spacial score (nSPS) is 22.8. The molecule has 1 saturated heterocycles. The van der Waals surface area contributed by atoms with Crippen LogP contribution in [0.25, 0.3) is 0 Å². The molecule has 1 N–H and O–H groups in total. The number of hydrogen-bond donors (Lipinski definition) is 1. The zero-order valence-corrected chi connectivity index (χ0v) is 6.70. The van der Waals surface area contributed by atoms with Crippen LogP contribution in [0.1, 0.15) is 30.7 Å². The van der Waals surface area contributed by atoms with Gasteiger partial charge < -0.3 is 9.73 Å². The molecule has 1 atom stereocenters. The van der Waals surface area contributed by atoms with Gasteiger partial charge in [-0.25, -0.2) is 0 Å². The number of nitrogens with zero attached hydrogens (tertiary/aromatic N) is 2. The molecule has 1 amide bonds. The lowest BCUT2D eigenvalue weighted by atomic mass is 10.2. The molecule has 5 nitrogen and oxygen atoms in total. The molecule has 12 heavy (non-hydrogen) atoms. The van der Waals surface area contributed by atoms with Crippen LogP contribution in [0.5, 0.6) is 0 Å². The highest BCUT2D eigenvalue weighted by Crippen LogP contribution is 2.21. The molecule has 1 aliphatic heterocycles. The van der Waals surface area contributed by atoms with Crippen molar-refractivity contribution in [2.75, 3.05) is 0 Å². The maximum atomic E-state index is 10.8. The van der Waals surface area contributed by atoms with Gasteiger partial charge in [-0.15, -0.1) is 10.2 Å². The third-order valence-electron chi connectivity index (χ3n) is 1.84. The van der Waals surface area contributed by atoms with Crippen LogP contribution in [0.3, 0.4) is 0 Å². The van der Waals surface area contributed by atoms with Crippen LogP contribution >= 0.6 is 0 Å². The number of rotatable bonds is 1. The molecular weight excluding hydrogens is 158 g/mol. The van der Waals surface area contributed by atoms with Crippen molar-refractivity contribution in [1.82, 2.24) is 15.5 Å². The van der Waals surface area contributed by atoms with Gasteiger partial charge in [0.2, 0.25) is 17.7 Å². The van der Waals surface area contributed by atoms with E-state index in [0.717, 1.165) is 6.42 Å². The van der Waals surface area contributed by atoms with Crippen molar-refractivity contribution >= 4 is 5.91 Å². The van der Waals surface area contributed by atoms with E-state index in [1.54, 1.807) is 6.92 Å². The van der Waals surface area contributed by atoms with Crippen molar-refractivity contribution < 1.29 is 9.21 Å². The van der Waals surface area contributed by atoms with E-state index in [4.69, 9.17) is 4.42 Å². The van der Waals surface area contributed by atoms with Gasteiger partial charge in [0, 0.05) is 13.3 Å². The van der Waals surface area contributed by atoms with Crippen molar-refractivity contribution in [2.45, 2.75) is 25.8 Å². The molecule has 1 fully saturated rings. The third kappa shape index (κ3) is 1.17. The van der Waals surface area contributed by atoms with Gasteiger partial charge in [-0.05, 0) is 6.42 Å². The molecule has 1 unspecified atom stereocenters. The lowest BCUT2D eigenvalue weighted by Gasteiger charge is -2.01. The third-order valence-corrected chi connectivity index (χ3v) is 1.84. The molecule has 1 aliphatic rings. The zero-order chi connectivity index (χ0) is 8.55. The van der Waals surface area contributed by atoms with Crippen LogP contribution in [0.2, 0.25) is 0 Å². The first-order valence-electron chi connectivity index (χ1n) is 3.85.